The Bertz CT molecular complexity index is 341. The molecule has 0 radical (unpaired) electrons. The normalized spacial score (nSPS) is 29.2. The van der Waals surface area contributed by atoms with E-state index in [2.05, 4.69) is 10.3 Å². The first kappa shape index (κ1) is 16.3. The fraction of sp³-hybridized carbons (Fsp3) is 0.929. The second kappa shape index (κ2) is 7.26. The quantitative estimate of drug-likeness (QED) is 0.434. The number of aliphatic imine (C=N–C) groups is 1. The molecule has 2 saturated carbocycles. The maximum Gasteiger partial charge on any atom is 0.188 e. The minimum absolute atomic E-state index is 0. The Labute approximate surface area is 138 Å². The summed E-state index contributed by atoms with van der Waals surface area (Å²) in [7, 11) is 0. The first-order valence-electron chi connectivity index (χ1n) is 7.61. The summed E-state index contributed by atoms with van der Waals surface area (Å²) < 4.78 is 11.9. The van der Waals surface area contributed by atoms with Gasteiger partial charge in [-0.2, -0.15) is 0 Å². The summed E-state index contributed by atoms with van der Waals surface area (Å²) in [5.41, 5.74) is 5.87. The first-order valence-corrected chi connectivity index (χ1v) is 7.61. The van der Waals surface area contributed by atoms with Crippen LogP contribution in [-0.4, -0.2) is 37.5 Å². The van der Waals surface area contributed by atoms with Crippen LogP contribution in [0, 0.1) is 5.92 Å². The van der Waals surface area contributed by atoms with E-state index in [-0.39, 0.29) is 35.9 Å². The molecule has 1 aliphatic heterocycles. The Hall–Kier alpha value is -0.0800. The lowest BCUT2D eigenvalue weighted by Gasteiger charge is -2.23. The number of halogens is 1. The summed E-state index contributed by atoms with van der Waals surface area (Å²) >= 11 is 0. The molecule has 0 bridgehead atoms. The molecule has 6 heteroatoms. The van der Waals surface area contributed by atoms with Crippen LogP contribution in [0.4, 0.5) is 0 Å². The van der Waals surface area contributed by atoms with Crippen molar-refractivity contribution >= 4 is 29.9 Å². The van der Waals surface area contributed by atoms with Gasteiger partial charge in [0.25, 0.3) is 0 Å². The Morgan fingerprint density at radius 1 is 1.25 bits per heavy atom. The van der Waals surface area contributed by atoms with Crippen LogP contribution < -0.4 is 11.1 Å². The number of nitrogens with one attached hydrogen (secondary N) is 1. The summed E-state index contributed by atoms with van der Waals surface area (Å²) in [4.78, 5) is 4.38. The van der Waals surface area contributed by atoms with E-state index in [1.54, 1.807) is 0 Å². The van der Waals surface area contributed by atoms with Gasteiger partial charge in [-0.05, 0) is 31.6 Å². The van der Waals surface area contributed by atoms with E-state index < -0.39 is 0 Å². The van der Waals surface area contributed by atoms with Gasteiger partial charge in [-0.25, -0.2) is 0 Å². The van der Waals surface area contributed by atoms with Gasteiger partial charge in [0.05, 0.1) is 6.61 Å². The molecule has 1 saturated heterocycles. The Balaban J connectivity index is 0.00000147. The van der Waals surface area contributed by atoms with E-state index in [1.165, 1.54) is 32.1 Å². The zero-order valence-corrected chi connectivity index (χ0v) is 14.3. The molecule has 1 heterocycles. The number of hydrogen-bond donors (Lipinski definition) is 2. The van der Waals surface area contributed by atoms with Gasteiger partial charge < -0.3 is 20.5 Å². The van der Waals surface area contributed by atoms with Gasteiger partial charge in [0, 0.05) is 25.9 Å². The zero-order valence-electron chi connectivity index (χ0n) is 12.0. The molecule has 116 valence electrons. The summed E-state index contributed by atoms with van der Waals surface area (Å²) in [5.74, 6) is 1.03. The van der Waals surface area contributed by atoms with Crippen LogP contribution in [0.15, 0.2) is 4.99 Å². The molecule has 1 unspecified atom stereocenters. The minimum atomic E-state index is -0.274. The minimum Gasteiger partial charge on any atom is -0.370 e. The van der Waals surface area contributed by atoms with Crippen LogP contribution in [0.5, 0.6) is 0 Å². The maximum atomic E-state index is 6.02. The predicted molar refractivity (Wildman–Crippen MR) is 89.3 cm³/mol. The Morgan fingerprint density at radius 2 is 2.00 bits per heavy atom. The number of hydrogen-bond acceptors (Lipinski definition) is 3. The molecule has 2 aliphatic carbocycles. The van der Waals surface area contributed by atoms with Crippen LogP contribution in [-0.2, 0) is 9.47 Å². The van der Waals surface area contributed by atoms with Crippen molar-refractivity contribution in [3.63, 3.8) is 0 Å². The van der Waals surface area contributed by atoms with E-state index in [0.717, 1.165) is 25.3 Å². The average Bonchev–Trinajstić information content (AvgIpc) is 2.96. The van der Waals surface area contributed by atoms with Gasteiger partial charge in [0.15, 0.2) is 11.7 Å². The van der Waals surface area contributed by atoms with E-state index in [4.69, 9.17) is 15.2 Å². The van der Waals surface area contributed by atoms with E-state index in [0.29, 0.717) is 19.1 Å². The molecule has 20 heavy (non-hydrogen) atoms. The summed E-state index contributed by atoms with van der Waals surface area (Å²) in [5, 5.41) is 3.16. The third-order valence-corrected chi connectivity index (χ3v) is 4.53. The standard InChI is InChI=1S/C14H25N3O2.HI/c15-13(16-8-11-4-3-5-11)17-9-12-10-18-14(19-12)6-1-2-7-14;/h11-12H,1-10H2,(H3,15,16,17);1H. The highest BCUT2D eigenvalue weighted by Crippen LogP contribution is 2.38. The zero-order chi connectivity index (χ0) is 13.1. The Morgan fingerprint density at radius 3 is 2.65 bits per heavy atom. The average molecular weight is 395 g/mol. The molecule has 3 N–H and O–H groups in total. The SMILES string of the molecule is I.NC(=NCC1CCC1)NCC1COC2(CCCC2)O1. The largest absolute Gasteiger partial charge is 0.370 e. The van der Waals surface area contributed by atoms with Crippen molar-refractivity contribution < 1.29 is 9.47 Å². The molecule has 0 amide bonds. The molecule has 0 aromatic carbocycles. The summed E-state index contributed by atoms with van der Waals surface area (Å²) in [6.07, 6.45) is 8.57. The second-order valence-electron chi connectivity index (χ2n) is 6.07. The molecular weight excluding hydrogens is 369 g/mol. The first-order chi connectivity index (χ1) is 9.26. The van der Waals surface area contributed by atoms with Crippen molar-refractivity contribution in [2.75, 3.05) is 19.7 Å². The summed E-state index contributed by atoms with van der Waals surface area (Å²) in [6.45, 7) is 2.23. The van der Waals surface area contributed by atoms with Crippen LogP contribution in [0.3, 0.4) is 0 Å². The maximum absolute atomic E-state index is 6.02. The predicted octanol–water partition coefficient (Wildman–Crippen LogP) is 1.99. The molecule has 1 spiro atoms. The van der Waals surface area contributed by atoms with Gasteiger partial charge in [-0.1, -0.05) is 6.42 Å². The fourth-order valence-electron chi connectivity index (χ4n) is 3.07. The van der Waals surface area contributed by atoms with E-state index in [9.17, 15) is 0 Å². The third-order valence-electron chi connectivity index (χ3n) is 4.53. The van der Waals surface area contributed by atoms with Gasteiger partial charge in [-0.15, -0.1) is 24.0 Å². The van der Waals surface area contributed by atoms with Crippen LogP contribution in [0.25, 0.3) is 0 Å². The molecule has 5 nitrogen and oxygen atoms in total. The molecule has 3 fully saturated rings. The second-order valence-corrected chi connectivity index (χ2v) is 6.07. The smallest absolute Gasteiger partial charge is 0.188 e. The number of nitrogens with two attached hydrogens (primary N) is 1. The van der Waals surface area contributed by atoms with Crippen molar-refractivity contribution in [1.29, 1.82) is 0 Å². The topological polar surface area (TPSA) is 68.9 Å². The fourth-order valence-corrected chi connectivity index (χ4v) is 3.07. The van der Waals surface area contributed by atoms with Crippen LogP contribution >= 0.6 is 24.0 Å². The van der Waals surface area contributed by atoms with Gasteiger partial charge in [0.2, 0.25) is 0 Å². The van der Waals surface area contributed by atoms with Crippen molar-refractivity contribution in [2.24, 2.45) is 16.6 Å². The number of guanidine groups is 1. The molecular formula is C14H26IN3O2. The molecule has 1 atom stereocenters. The summed E-state index contributed by atoms with van der Waals surface area (Å²) in [6, 6.07) is 0. The highest BCUT2D eigenvalue weighted by Gasteiger charge is 2.43. The number of nitrogens with zero attached hydrogens (tertiary/aromatic N) is 1. The van der Waals surface area contributed by atoms with Crippen molar-refractivity contribution in [2.45, 2.75) is 56.8 Å². The van der Waals surface area contributed by atoms with Crippen LogP contribution in [0.1, 0.15) is 44.9 Å². The number of ether oxygens (including phenoxy) is 2. The molecule has 3 aliphatic rings. The Kier molecular flexibility index (Phi) is 5.92. The highest BCUT2D eigenvalue weighted by molar-refractivity contribution is 14.0. The molecule has 0 aromatic rings. The number of rotatable bonds is 4. The van der Waals surface area contributed by atoms with Crippen LogP contribution in [0.2, 0.25) is 0 Å². The lowest BCUT2D eigenvalue weighted by atomic mass is 9.86. The van der Waals surface area contributed by atoms with Crippen molar-refractivity contribution in [3.8, 4) is 0 Å². The van der Waals surface area contributed by atoms with Crippen molar-refractivity contribution in [1.82, 2.24) is 5.32 Å². The van der Waals surface area contributed by atoms with E-state index in [1.807, 2.05) is 0 Å². The van der Waals surface area contributed by atoms with Crippen molar-refractivity contribution in [3.05, 3.63) is 0 Å². The van der Waals surface area contributed by atoms with Gasteiger partial charge in [0.1, 0.15) is 6.10 Å². The monoisotopic (exact) mass is 395 g/mol. The van der Waals surface area contributed by atoms with E-state index >= 15 is 0 Å². The molecule has 3 rings (SSSR count). The lowest BCUT2D eigenvalue weighted by Crippen LogP contribution is -2.39. The van der Waals surface area contributed by atoms with Gasteiger partial charge in [-0.3, -0.25) is 4.99 Å². The van der Waals surface area contributed by atoms with Gasteiger partial charge >= 0.3 is 0 Å². The molecule has 0 aromatic heterocycles. The third kappa shape index (κ3) is 3.98. The highest BCUT2D eigenvalue weighted by atomic mass is 127. The lowest BCUT2D eigenvalue weighted by molar-refractivity contribution is -0.160.